The van der Waals surface area contributed by atoms with E-state index < -0.39 is 0 Å². The smallest absolute Gasteiger partial charge is 0.00461 e. The van der Waals surface area contributed by atoms with Gasteiger partial charge in [-0.2, -0.15) is 0 Å². The van der Waals surface area contributed by atoms with E-state index in [-0.39, 0.29) is 0 Å². The van der Waals surface area contributed by atoms with Gasteiger partial charge in [-0.15, -0.1) is 0 Å². The van der Waals surface area contributed by atoms with Crippen LogP contribution in [0.4, 0.5) is 0 Å². The molecule has 1 aliphatic carbocycles. The summed E-state index contributed by atoms with van der Waals surface area (Å²) in [4.78, 5) is 0. The average molecular weight is 273 g/mol. The highest BCUT2D eigenvalue weighted by Crippen LogP contribution is 2.38. The molecule has 1 nitrogen and oxygen atoms in total. The molecular weight excluding hydrogens is 242 g/mol. The van der Waals surface area contributed by atoms with Crippen LogP contribution < -0.4 is 5.73 Å². The van der Waals surface area contributed by atoms with Crippen LogP contribution in [-0.2, 0) is 6.42 Å². The second-order valence-corrected chi connectivity index (χ2v) is 6.80. The molecular formula is C19H31N. The van der Waals surface area contributed by atoms with Crippen LogP contribution in [0.15, 0.2) is 18.2 Å². The van der Waals surface area contributed by atoms with Crippen molar-refractivity contribution in [2.45, 2.75) is 59.3 Å². The Balaban J connectivity index is 2.11. The van der Waals surface area contributed by atoms with Crippen molar-refractivity contribution >= 4 is 0 Å². The van der Waals surface area contributed by atoms with Gasteiger partial charge in [0.2, 0.25) is 0 Å². The number of rotatable bonds is 5. The quantitative estimate of drug-likeness (QED) is 0.831. The Hall–Kier alpha value is -0.820. The summed E-state index contributed by atoms with van der Waals surface area (Å²) in [6.45, 7) is 7.70. The van der Waals surface area contributed by atoms with Gasteiger partial charge in [0.1, 0.15) is 0 Å². The molecule has 0 aromatic heterocycles. The summed E-state index contributed by atoms with van der Waals surface area (Å²) in [5.41, 5.74) is 10.5. The molecule has 1 fully saturated rings. The Kier molecular flexibility index (Phi) is 5.65. The molecule has 0 radical (unpaired) electrons. The zero-order valence-electron chi connectivity index (χ0n) is 13.5. The fraction of sp³-hybridized carbons (Fsp3) is 0.684. The van der Waals surface area contributed by atoms with Gasteiger partial charge in [-0.3, -0.25) is 0 Å². The van der Waals surface area contributed by atoms with Crippen molar-refractivity contribution in [3.05, 3.63) is 34.9 Å². The lowest BCUT2D eigenvalue weighted by molar-refractivity contribution is 0.175. The lowest BCUT2D eigenvalue weighted by Gasteiger charge is -2.36. The summed E-state index contributed by atoms with van der Waals surface area (Å²) in [6.07, 6.45) is 8.11. The van der Waals surface area contributed by atoms with Crippen LogP contribution in [0.1, 0.15) is 55.7 Å². The number of benzene rings is 1. The summed E-state index contributed by atoms with van der Waals surface area (Å²) in [5.74, 6) is 2.48. The van der Waals surface area contributed by atoms with Crippen molar-refractivity contribution in [2.24, 2.45) is 23.5 Å². The van der Waals surface area contributed by atoms with Crippen molar-refractivity contribution in [1.82, 2.24) is 0 Å². The van der Waals surface area contributed by atoms with Gasteiger partial charge in [0, 0.05) is 0 Å². The molecule has 0 bridgehead atoms. The Morgan fingerprint density at radius 3 is 2.40 bits per heavy atom. The van der Waals surface area contributed by atoms with Crippen molar-refractivity contribution < 1.29 is 0 Å². The minimum Gasteiger partial charge on any atom is -0.330 e. The molecule has 3 atom stereocenters. The third kappa shape index (κ3) is 3.63. The van der Waals surface area contributed by atoms with E-state index in [4.69, 9.17) is 5.73 Å². The van der Waals surface area contributed by atoms with Crippen LogP contribution in [0.2, 0.25) is 0 Å². The maximum atomic E-state index is 6.04. The maximum Gasteiger partial charge on any atom is -0.00461 e. The molecule has 2 rings (SSSR count). The predicted octanol–water partition coefficient (Wildman–Crippen LogP) is 4.64. The lowest BCUT2D eigenvalue weighted by Crippen LogP contribution is -2.32. The summed E-state index contributed by atoms with van der Waals surface area (Å²) >= 11 is 0. The van der Waals surface area contributed by atoms with Gasteiger partial charge in [-0.25, -0.2) is 0 Å². The second-order valence-electron chi connectivity index (χ2n) is 6.80. The minimum absolute atomic E-state index is 0.738. The van der Waals surface area contributed by atoms with Gasteiger partial charge >= 0.3 is 0 Å². The van der Waals surface area contributed by atoms with Crippen LogP contribution >= 0.6 is 0 Å². The third-order valence-corrected chi connectivity index (χ3v) is 5.36. The van der Waals surface area contributed by atoms with Crippen molar-refractivity contribution in [2.75, 3.05) is 6.54 Å². The Morgan fingerprint density at radius 1 is 1.10 bits per heavy atom. The molecule has 1 aromatic rings. The first-order valence-electron chi connectivity index (χ1n) is 8.40. The number of hydrogen-bond acceptors (Lipinski definition) is 1. The highest BCUT2D eigenvalue weighted by molar-refractivity contribution is 5.33. The molecule has 0 amide bonds. The van der Waals surface area contributed by atoms with Crippen molar-refractivity contribution in [3.8, 4) is 0 Å². The van der Waals surface area contributed by atoms with Gasteiger partial charge in [0.05, 0.1) is 0 Å². The van der Waals surface area contributed by atoms with E-state index in [2.05, 4.69) is 39.0 Å². The first kappa shape index (κ1) is 15.6. The van der Waals surface area contributed by atoms with Gasteiger partial charge in [0.25, 0.3) is 0 Å². The number of aryl methyl sites for hydroxylation is 2. The molecule has 2 N–H and O–H groups in total. The SMILES string of the molecule is CCCC1CCC(CN)C(Cc2c(C)cccc2C)C1. The summed E-state index contributed by atoms with van der Waals surface area (Å²) < 4.78 is 0. The zero-order valence-corrected chi connectivity index (χ0v) is 13.5. The fourth-order valence-electron chi connectivity index (χ4n) is 4.09. The highest BCUT2D eigenvalue weighted by Gasteiger charge is 2.29. The summed E-state index contributed by atoms with van der Waals surface area (Å²) in [6, 6.07) is 6.69. The van der Waals surface area contributed by atoms with E-state index in [1.165, 1.54) is 49.7 Å². The van der Waals surface area contributed by atoms with E-state index >= 15 is 0 Å². The van der Waals surface area contributed by atoms with Crippen LogP contribution in [0.5, 0.6) is 0 Å². The average Bonchev–Trinajstić information content (AvgIpc) is 2.44. The molecule has 1 heteroatoms. The standard InChI is InChI=1S/C19H31N/c1-4-6-16-9-10-17(13-20)18(11-16)12-19-14(2)7-5-8-15(19)3/h5,7-8,16-18H,4,6,9-13,20H2,1-3H3. The second kappa shape index (κ2) is 7.26. The zero-order chi connectivity index (χ0) is 14.5. The first-order chi connectivity index (χ1) is 9.65. The van der Waals surface area contributed by atoms with Crippen LogP contribution in [0.25, 0.3) is 0 Å². The fourth-order valence-corrected chi connectivity index (χ4v) is 4.09. The van der Waals surface area contributed by atoms with Crippen molar-refractivity contribution in [3.63, 3.8) is 0 Å². The van der Waals surface area contributed by atoms with Gasteiger partial charge in [0.15, 0.2) is 0 Å². The minimum atomic E-state index is 0.738. The predicted molar refractivity (Wildman–Crippen MR) is 87.9 cm³/mol. The highest BCUT2D eigenvalue weighted by atomic mass is 14.6. The van der Waals surface area contributed by atoms with E-state index in [1.54, 1.807) is 5.56 Å². The van der Waals surface area contributed by atoms with Crippen molar-refractivity contribution in [1.29, 1.82) is 0 Å². The molecule has 3 unspecified atom stereocenters. The van der Waals surface area contributed by atoms with Crippen LogP contribution in [0.3, 0.4) is 0 Å². The van der Waals surface area contributed by atoms with E-state index in [0.717, 1.165) is 24.3 Å². The van der Waals surface area contributed by atoms with Gasteiger partial charge in [-0.1, -0.05) is 44.4 Å². The molecule has 0 aliphatic heterocycles. The number of hydrogen-bond donors (Lipinski definition) is 1. The maximum absolute atomic E-state index is 6.04. The normalized spacial score (nSPS) is 26.7. The van der Waals surface area contributed by atoms with Gasteiger partial charge in [-0.05, 0) is 74.1 Å². The van der Waals surface area contributed by atoms with E-state index in [0.29, 0.717) is 0 Å². The van der Waals surface area contributed by atoms with Gasteiger partial charge < -0.3 is 5.73 Å². The molecule has 0 spiro atoms. The topological polar surface area (TPSA) is 26.0 Å². The summed E-state index contributed by atoms with van der Waals surface area (Å²) in [7, 11) is 0. The monoisotopic (exact) mass is 273 g/mol. The third-order valence-electron chi connectivity index (χ3n) is 5.36. The Bertz CT molecular complexity index is 404. The Labute approximate surface area is 125 Å². The molecule has 1 aliphatic rings. The van der Waals surface area contributed by atoms with Crippen LogP contribution in [-0.4, -0.2) is 6.54 Å². The molecule has 112 valence electrons. The largest absolute Gasteiger partial charge is 0.330 e. The molecule has 0 saturated heterocycles. The number of nitrogens with two attached hydrogens (primary N) is 1. The molecule has 20 heavy (non-hydrogen) atoms. The Morgan fingerprint density at radius 2 is 1.80 bits per heavy atom. The summed E-state index contributed by atoms with van der Waals surface area (Å²) in [5, 5.41) is 0. The first-order valence-corrected chi connectivity index (χ1v) is 8.40. The van der Waals surface area contributed by atoms with E-state index in [9.17, 15) is 0 Å². The molecule has 1 aromatic carbocycles. The molecule has 0 heterocycles. The van der Waals surface area contributed by atoms with Crippen LogP contribution in [0, 0.1) is 31.6 Å². The lowest BCUT2D eigenvalue weighted by atomic mass is 9.70. The van der Waals surface area contributed by atoms with E-state index in [1.807, 2.05) is 0 Å². The molecule has 1 saturated carbocycles.